The maximum Gasteiger partial charge on any atom is 0.323 e. The highest BCUT2D eigenvalue weighted by Crippen LogP contribution is 2.14. The van der Waals surface area contributed by atoms with Gasteiger partial charge in [-0.05, 0) is 31.0 Å². The number of carbonyl (C=O) groups is 2. The Morgan fingerprint density at radius 2 is 1.32 bits per heavy atom. The molecule has 0 heterocycles. The molecule has 28 heavy (non-hydrogen) atoms. The van der Waals surface area contributed by atoms with Crippen LogP contribution in [0.1, 0.15) is 37.3 Å². The highest BCUT2D eigenvalue weighted by atomic mass is 16.5. The Kier molecular flexibility index (Phi) is 9.22. The molecule has 2 atom stereocenters. The van der Waals surface area contributed by atoms with Crippen molar-refractivity contribution in [1.29, 1.82) is 0 Å². The summed E-state index contributed by atoms with van der Waals surface area (Å²) in [5.74, 6) is -0.691. The van der Waals surface area contributed by atoms with E-state index in [4.69, 9.17) is 9.47 Å². The van der Waals surface area contributed by atoms with Crippen LogP contribution < -0.4 is 5.32 Å². The Labute approximate surface area is 167 Å². The summed E-state index contributed by atoms with van der Waals surface area (Å²) >= 11 is 0. The molecule has 2 rings (SSSR count). The first kappa shape index (κ1) is 21.6. The van der Waals surface area contributed by atoms with Gasteiger partial charge >= 0.3 is 11.9 Å². The number of hydrogen-bond donors (Lipinski definition) is 1. The van der Waals surface area contributed by atoms with Crippen molar-refractivity contribution in [3.05, 3.63) is 71.8 Å². The summed E-state index contributed by atoms with van der Waals surface area (Å²) in [6.45, 7) is 2.41. The molecular formula is C23H29NO4. The smallest absolute Gasteiger partial charge is 0.323 e. The number of ether oxygens (including phenoxy) is 2. The van der Waals surface area contributed by atoms with E-state index in [0.717, 1.165) is 17.5 Å². The number of carbonyl (C=O) groups excluding carboxylic acids is 2. The van der Waals surface area contributed by atoms with Crippen LogP contribution in [0.25, 0.3) is 0 Å². The number of esters is 2. The monoisotopic (exact) mass is 383 g/mol. The normalized spacial score (nSPS) is 12.8. The number of benzene rings is 2. The molecule has 2 aromatic carbocycles. The molecule has 0 aliphatic heterocycles. The van der Waals surface area contributed by atoms with Gasteiger partial charge in [-0.15, -0.1) is 0 Å². The molecule has 5 nitrogen and oxygen atoms in total. The van der Waals surface area contributed by atoms with Crippen LogP contribution in [0.15, 0.2) is 60.7 Å². The van der Waals surface area contributed by atoms with Crippen molar-refractivity contribution in [2.75, 3.05) is 7.05 Å². The Balaban J connectivity index is 1.67. The predicted octanol–water partition coefficient (Wildman–Crippen LogP) is 3.87. The number of nitrogens with one attached hydrogen (secondary N) is 1. The van der Waals surface area contributed by atoms with Gasteiger partial charge in [0.1, 0.15) is 19.3 Å². The van der Waals surface area contributed by atoms with Crippen LogP contribution in [-0.4, -0.2) is 25.0 Å². The summed E-state index contributed by atoms with van der Waals surface area (Å²) in [4.78, 5) is 24.4. The molecule has 0 aliphatic carbocycles. The third-order valence-electron chi connectivity index (χ3n) is 4.61. The van der Waals surface area contributed by atoms with Crippen LogP contribution in [-0.2, 0) is 32.3 Å². The lowest BCUT2D eigenvalue weighted by Crippen LogP contribution is -2.35. The maximum absolute atomic E-state index is 12.2. The van der Waals surface area contributed by atoms with Gasteiger partial charge in [-0.25, -0.2) is 0 Å². The fourth-order valence-electron chi connectivity index (χ4n) is 2.83. The second-order valence-electron chi connectivity index (χ2n) is 6.86. The first-order valence-electron chi connectivity index (χ1n) is 9.68. The first-order chi connectivity index (χ1) is 13.6. The van der Waals surface area contributed by atoms with E-state index in [1.807, 2.05) is 67.6 Å². The van der Waals surface area contributed by atoms with Gasteiger partial charge in [0.05, 0.1) is 5.92 Å². The topological polar surface area (TPSA) is 64.6 Å². The molecule has 150 valence electrons. The van der Waals surface area contributed by atoms with E-state index in [2.05, 4.69) is 5.32 Å². The zero-order valence-corrected chi connectivity index (χ0v) is 16.6. The second-order valence-corrected chi connectivity index (χ2v) is 6.86. The van der Waals surface area contributed by atoms with Crippen LogP contribution >= 0.6 is 0 Å². The average molecular weight is 383 g/mol. The van der Waals surface area contributed by atoms with E-state index in [9.17, 15) is 9.59 Å². The molecule has 0 radical (unpaired) electrons. The molecule has 0 amide bonds. The summed E-state index contributed by atoms with van der Waals surface area (Å²) in [5.41, 5.74) is 1.93. The van der Waals surface area contributed by atoms with E-state index in [1.165, 1.54) is 0 Å². The van der Waals surface area contributed by atoms with Crippen molar-refractivity contribution in [2.45, 2.75) is 45.4 Å². The van der Waals surface area contributed by atoms with Crippen LogP contribution in [0.5, 0.6) is 0 Å². The molecule has 0 aliphatic rings. The third kappa shape index (κ3) is 7.53. The van der Waals surface area contributed by atoms with E-state index in [0.29, 0.717) is 12.8 Å². The largest absolute Gasteiger partial charge is 0.461 e. The van der Waals surface area contributed by atoms with Crippen molar-refractivity contribution in [3.8, 4) is 0 Å². The molecule has 0 spiro atoms. The Morgan fingerprint density at radius 3 is 1.82 bits per heavy atom. The molecule has 0 bridgehead atoms. The van der Waals surface area contributed by atoms with E-state index in [-0.39, 0.29) is 37.1 Å². The lowest BCUT2D eigenvalue weighted by molar-refractivity contribution is -0.149. The fraction of sp³-hybridized carbons (Fsp3) is 0.391. The van der Waals surface area contributed by atoms with E-state index in [1.54, 1.807) is 7.05 Å². The molecule has 0 saturated carbocycles. The van der Waals surface area contributed by atoms with Crippen molar-refractivity contribution >= 4 is 11.9 Å². The lowest BCUT2D eigenvalue weighted by Gasteiger charge is -2.16. The minimum Gasteiger partial charge on any atom is -0.461 e. The minimum absolute atomic E-state index is 0.207. The number of likely N-dealkylation sites (N-methyl/N-ethyl adjacent to an activating group) is 1. The van der Waals surface area contributed by atoms with Gasteiger partial charge in [-0.3, -0.25) is 9.59 Å². The van der Waals surface area contributed by atoms with Gasteiger partial charge in [-0.1, -0.05) is 74.0 Å². The predicted molar refractivity (Wildman–Crippen MR) is 108 cm³/mol. The van der Waals surface area contributed by atoms with Crippen LogP contribution in [0.2, 0.25) is 0 Å². The summed E-state index contributed by atoms with van der Waals surface area (Å²) in [5, 5.41) is 3.00. The average Bonchev–Trinajstić information content (AvgIpc) is 2.74. The summed E-state index contributed by atoms with van der Waals surface area (Å²) in [6.07, 6.45) is 2.01. The molecule has 5 heteroatoms. The highest BCUT2D eigenvalue weighted by Gasteiger charge is 2.20. The standard InChI is InChI=1S/C23H29NO4/c1-18(22(25)27-16-19-11-5-3-6-12-19)10-9-15-21(24-2)23(26)28-17-20-13-7-4-8-14-20/h3-8,11-14,18,21,24H,9-10,15-17H2,1-2H3. The zero-order valence-electron chi connectivity index (χ0n) is 16.6. The van der Waals surface area contributed by atoms with Crippen LogP contribution in [0.4, 0.5) is 0 Å². The summed E-state index contributed by atoms with van der Waals surface area (Å²) < 4.78 is 10.7. The number of rotatable bonds is 11. The van der Waals surface area contributed by atoms with Gasteiger partial charge in [0.15, 0.2) is 0 Å². The molecule has 0 aromatic heterocycles. The van der Waals surface area contributed by atoms with Gasteiger partial charge < -0.3 is 14.8 Å². The Morgan fingerprint density at radius 1 is 0.821 bits per heavy atom. The molecule has 2 unspecified atom stereocenters. The summed E-state index contributed by atoms with van der Waals surface area (Å²) in [7, 11) is 1.74. The highest BCUT2D eigenvalue weighted by molar-refractivity contribution is 5.75. The van der Waals surface area contributed by atoms with Crippen LogP contribution in [0.3, 0.4) is 0 Å². The van der Waals surface area contributed by atoms with E-state index >= 15 is 0 Å². The zero-order chi connectivity index (χ0) is 20.2. The quantitative estimate of drug-likeness (QED) is 0.597. The molecule has 1 N–H and O–H groups in total. The SMILES string of the molecule is CNC(CCCC(C)C(=O)OCc1ccccc1)C(=O)OCc1ccccc1. The van der Waals surface area contributed by atoms with Crippen molar-refractivity contribution in [3.63, 3.8) is 0 Å². The van der Waals surface area contributed by atoms with Gasteiger partial charge in [-0.2, -0.15) is 0 Å². The minimum atomic E-state index is -0.378. The van der Waals surface area contributed by atoms with Crippen molar-refractivity contribution in [1.82, 2.24) is 5.32 Å². The molecule has 0 fully saturated rings. The first-order valence-corrected chi connectivity index (χ1v) is 9.68. The van der Waals surface area contributed by atoms with Gasteiger partial charge in [0.2, 0.25) is 0 Å². The van der Waals surface area contributed by atoms with Crippen molar-refractivity contribution in [2.24, 2.45) is 5.92 Å². The Bertz CT molecular complexity index is 718. The van der Waals surface area contributed by atoms with E-state index < -0.39 is 0 Å². The lowest BCUT2D eigenvalue weighted by atomic mass is 10.0. The fourth-order valence-corrected chi connectivity index (χ4v) is 2.83. The van der Waals surface area contributed by atoms with Gasteiger partial charge in [0, 0.05) is 0 Å². The van der Waals surface area contributed by atoms with Gasteiger partial charge in [0.25, 0.3) is 0 Å². The maximum atomic E-state index is 12.2. The number of hydrogen-bond acceptors (Lipinski definition) is 5. The van der Waals surface area contributed by atoms with Crippen LogP contribution in [0, 0.1) is 5.92 Å². The molecule has 2 aromatic rings. The van der Waals surface area contributed by atoms with Crippen molar-refractivity contribution < 1.29 is 19.1 Å². The third-order valence-corrected chi connectivity index (χ3v) is 4.61. The summed E-state index contributed by atoms with van der Waals surface area (Å²) in [6, 6.07) is 18.8. The second kappa shape index (κ2) is 11.9. The Hall–Kier alpha value is -2.66. The molecule has 0 saturated heterocycles. The molecular weight excluding hydrogens is 354 g/mol.